The van der Waals surface area contributed by atoms with Gasteiger partial charge in [-0.15, -0.1) is 0 Å². The predicted molar refractivity (Wildman–Crippen MR) is 107 cm³/mol. The van der Waals surface area contributed by atoms with Crippen LogP contribution >= 0.6 is 0 Å². The molecule has 0 aliphatic heterocycles. The lowest BCUT2D eigenvalue weighted by Crippen LogP contribution is -2.13. The molecular weight excluding hydrogens is 300 g/mol. The van der Waals surface area contributed by atoms with Crippen LogP contribution in [0.4, 0.5) is 0 Å². The molecule has 0 heteroatoms. The molecule has 0 heterocycles. The molecule has 0 saturated heterocycles. The topological polar surface area (TPSA) is 0 Å². The zero-order chi connectivity index (χ0) is 17.1. The molecule has 25 heavy (non-hydrogen) atoms. The fourth-order valence-electron chi connectivity index (χ4n) is 4.16. The third-order valence-electron chi connectivity index (χ3n) is 5.34. The largest absolute Gasteiger partial charge is 0.0654 e. The zero-order valence-corrected chi connectivity index (χ0v) is 14.8. The van der Waals surface area contributed by atoms with Crippen molar-refractivity contribution in [1.82, 2.24) is 0 Å². The molecule has 0 N–H and O–H groups in total. The van der Waals surface area contributed by atoms with Crippen LogP contribution in [0.5, 0.6) is 0 Å². The Morgan fingerprint density at radius 3 is 1.48 bits per heavy atom. The van der Waals surface area contributed by atoms with E-state index in [1.807, 2.05) is 0 Å². The van der Waals surface area contributed by atoms with E-state index >= 15 is 0 Å². The van der Waals surface area contributed by atoms with E-state index < -0.39 is 0 Å². The average molecular weight is 324 g/mol. The first-order chi connectivity index (χ1) is 12.4. The van der Waals surface area contributed by atoms with Gasteiger partial charge in [0, 0.05) is 5.41 Å². The highest BCUT2D eigenvalue weighted by Crippen LogP contribution is 2.66. The minimum Gasteiger partial charge on any atom is -0.0654 e. The second-order valence-corrected chi connectivity index (χ2v) is 6.86. The van der Waals surface area contributed by atoms with Crippen molar-refractivity contribution < 1.29 is 0 Å². The van der Waals surface area contributed by atoms with Crippen LogP contribution in [0.3, 0.4) is 0 Å². The van der Waals surface area contributed by atoms with Gasteiger partial charge in [-0.1, -0.05) is 111 Å². The highest BCUT2D eigenvalue weighted by Gasteiger charge is 2.54. The van der Waals surface area contributed by atoms with Gasteiger partial charge in [0.25, 0.3) is 0 Å². The Balaban J connectivity index is 1.88. The van der Waals surface area contributed by atoms with Crippen molar-refractivity contribution in [3.63, 3.8) is 0 Å². The number of hydrogen-bond donors (Lipinski definition) is 0. The molecule has 0 saturated carbocycles. The average Bonchev–Trinajstić information content (AvgIpc) is 3.38. The Morgan fingerprint density at radius 2 is 1.04 bits per heavy atom. The lowest BCUT2D eigenvalue weighted by Gasteiger charge is -2.22. The summed E-state index contributed by atoms with van der Waals surface area (Å²) in [6.07, 6.45) is 3.64. The van der Waals surface area contributed by atoms with Gasteiger partial charge in [0.1, 0.15) is 0 Å². The number of unbranched alkanes of at least 4 members (excludes halogenated alkanes) is 1. The summed E-state index contributed by atoms with van der Waals surface area (Å²) in [6, 6.07) is 32.9. The Kier molecular flexibility index (Phi) is 4.28. The van der Waals surface area contributed by atoms with Crippen molar-refractivity contribution in [3.8, 4) is 0 Å². The van der Waals surface area contributed by atoms with Gasteiger partial charge in [0.05, 0.1) is 0 Å². The first kappa shape index (κ1) is 15.9. The molecule has 0 spiro atoms. The molecule has 0 atom stereocenters. The van der Waals surface area contributed by atoms with E-state index in [-0.39, 0.29) is 5.41 Å². The van der Waals surface area contributed by atoms with Gasteiger partial charge in [-0.25, -0.2) is 0 Å². The zero-order valence-electron chi connectivity index (χ0n) is 14.8. The second kappa shape index (κ2) is 6.72. The summed E-state index contributed by atoms with van der Waals surface area (Å²) in [7, 11) is 0. The number of hydrogen-bond acceptors (Lipinski definition) is 0. The van der Waals surface area contributed by atoms with E-state index in [4.69, 9.17) is 0 Å². The van der Waals surface area contributed by atoms with Crippen molar-refractivity contribution in [2.24, 2.45) is 0 Å². The van der Waals surface area contributed by atoms with Gasteiger partial charge in [0.15, 0.2) is 0 Å². The van der Waals surface area contributed by atoms with E-state index in [2.05, 4.69) is 97.9 Å². The van der Waals surface area contributed by atoms with Crippen LogP contribution in [0.15, 0.2) is 91.0 Å². The van der Waals surface area contributed by atoms with Crippen LogP contribution in [0.25, 0.3) is 11.1 Å². The Labute approximate surface area is 150 Å². The van der Waals surface area contributed by atoms with Crippen LogP contribution < -0.4 is 0 Å². The smallest absolute Gasteiger partial charge is 0.0470 e. The van der Waals surface area contributed by atoms with Crippen molar-refractivity contribution in [2.45, 2.75) is 31.6 Å². The molecule has 0 fully saturated rings. The third kappa shape index (κ3) is 2.72. The number of rotatable bonds is 6. The SMILES string of the molecule is CCCCC1(c2ccccc2)C(c2ccccc2)=C1c1ccccc1. The lowest BCUT2D eigenvalue weighted by molar-refractivity contribution is 0.630. The summed E-state index contributed by atoms with van der Waals surface area (Å²) in [6.45, 7) is 2.28. The molecule has 3 aromatic carbocycles. The van der Waals surface area contributed by atoms with Gasteiger partial charge in [-0.05, 0) is 34.3 Å². The first-order valence-corrected chi connectivity index (χ1v) is 9.29. The molecule has 0 unspecified atom stereocenters. The molecule has 0 amide bonds. The highest BCUT2D eigenvalue weighted by molar-refractivity contribution is 6.19. The third-order valence-corrected chi connectivity index (χ3v) is 5.34. The van der Waals surface area contributed by atoms with Gasteiger partial charge in [-0.3, -0.25) is 0 Å². The van der Waals surface area contributed by atoms with E-state index in [1.165, 1.54) is 47.1 Å². The second-order valence-electron chi connectivity index (χ2n) is 6.86. The van der Waals surface area contributed by atoms with Gasteiger partial charge in [0.2, 0.25) is 0 Å². The molecule has 1 aliphatic rings. The van der Waals surface area contributed by atoms with Crippen molar-refractivity contribution in [1.29, 1.82) is 0 Å². The Bertz CT molecular complexity index is 808. The van der Waals surface area contributed by atoms with Crippen LogP contribution in [0.2, 0.25) is 0 Å². The maximum Gasteiger partial charge on any atom is 0.0470 e. The Hall–Kier alpha value is -2.60. The fourth-order valence-corrected chi connectivity index (χ4v) is 4.16. The molecular formula is C25H24. The van der Waals surface area contributed by atoms with Crippen molar-refractivity contribution in [3.05, 3.63) is 108 Å². The monoisotopic (exact) mass is 324 g/mol. The standard InChI is InChI=1S/C25H24/c1-2-3-19-25(22-17-11-6-12-18-22)23(20-13-7-4-8-14-20)24(25)21-15-9-5-10-16-21/h4-18H,2-3,19H2,1H3. The molecule has 0 aromatic heterocycles. The van der Waals surface area contributed by atoms with E-state index in [1.54, 1.807) is 0 Å². The molecule has 124 valence electrons. The van der Waals surface area contributed by atoms with E-state index in [0.29, 0.717) is 0 Å². The first-order valence-electron chi connectivity index (χ1n) is 9.29. The Morgan fingerprint density at radius 1 is 0.600 bits per heavy atom. The van der Waals surface area contributed by atoms with Crippen LogP contribution in [0, 0.1) is 0 Å². The van der Waals surface area contributed by atoms with Crippen molar-refractivity contribution in [2.75, 3.05) is 0 Å². The highest BCUT2D eigenvalue weighted by atomic mass is 14.6. The summed E-state index contributed by atoms with van der Waals surface area (Å²) in [4.78, 5) is 0. The predicted octanol–water partition coefficient (Wildman–Crippen LogP) is 6.74. The van der Waals surface area contributed by atoms with E-state index in [9.17, 15) is 0 Å². The van der Waals surface area contributed by atoms with Crippen molar-refractivity contribution >= 4 is 11.1 Å². The van der Waals surface area contributed by atoms with Crippen LogP contribution in [-0.4, -0.2) is 0 Å². The molecule has 1 aliphatic carbocycles. The van der Waals surface area contributed by atoms with Gasteiger partial charge < -0.3 is 0 Å². The summed E-state index contributed by atoms with van der Waals surface area (Å²) < 4.78 is 0. The maximum atomic E-state index is 2.30. The molecule has 4 rings (SSSR count). The van der Waals surface area contributed by atoms with Gasteiger partial charge >= 0.3 is 0 Å². The lowest BCUT2D eigenvalue weighted by atomic mass is 9.81. The minimum absolute atomic E-state index is 0.0694. The fraction of sp³-hybridized carbons (Fsp3) is 0.200. The quantitative estimate of drug-likeness (QED) is 0.471. The van der Waals surface area contributed by atoms with E-state index in [0.717, 1.165) is 0 Å². The summed E-state index contributed by atoms with van der Waals surface area (Å²) in [5, 5.41) is 0. The molecule has 0 bridgehead atoms. The van der Waals surface area contributed by atoms with Crippen LogP contribution in [-0.2, 0) is 5.41 Å². The normalized spacial score (nSPS) is 15.2. The number of allylic oxidation sites excluding steroid dienone is 2. The van der Waals surface area contributed by atoms with Gasteiger partial charge in [-0.2, -0.15) is 0 Å². The summed E-state index contributed by atoms with van der Waals surface area (Å²) >= 11 is 0. The molecule has 0 radical (unpaired) electrons. The maximum absolute atomic E-state index is 2.30. The molecule has 3 aromatic rings. The number of benzene rings is 3. The summed E-state index contributed by atoms with van der Waals surface area (Å²) in [5.74, 6) is 0. The summed E-state index contributed by atoms with van der Waals surface area (Å²) in [5.41, 5.74) is 7.25. The molecule has 0 nitrogen and oxygen atoms in total. The van der Waals surface area contributed by atoms with Crippen LogP contribution in [0.1, 0.15) is 42.9 Å². The minimum atomic E-state index is 0.0694.